The minimum Gasteiger partial charge on any atom is -0.508 e. The average Bonchev–Trinajstić information content (AvgIpc) is 2.18. The van der Waals surface area contributed by atoms with E-state index in [0.29, 0.717) is 12.4 Å². The van der Waals surface area contributed by atoms with Crippen LogP contribution >= 0.6 is 0 Å². The summed E-state index contributed by atoms with van der Waals surface area (Å²) in [6.45, 7) is 2.69. The van der Waals surface area contributed by atoms with Gasteiger partial charge in [0.05, 0.1) is 6.61 Å². The van der Waals surface area contributed by atoms with Crippen LogP contribution in [0.15, 0.2) is 18.2 Å². The maximum Gasteiger partial charge on any atom is 0.164 e. The molecule has 1 aromatic rings. The lowest BCUT2D eigenvalue weighted by atomic mass is 10.2. The fourth-order valence-electron chi connectivity index (χ4n) is 1.15. The summed E-state index contributed by atoms with van der Waals surface area (Å²) in [6.07, 6.45) is 3.21. The van der Waals surface area contributed by atoms with Crippen molar-refractivity contribution in [2.45, 2.75) is 26.2 Å². The smallest absolute Gasteiger partial charge is 0.164 e. The van der Waals surface area contributed by atoms with Gasteiger partial charge in [-0.1, -0.05) is 19.8 Å². The van der Waals surface area contributed by atoms with Gasteiger partial charge < -0.3 is 14.9 Å². The van der Waals surface area contributed by atoms with E-state index in [-0.39, 0.29) is 11.5 Å². The van der Waals surface area contributed by atoms with Gasteiger partial charge in [0.25, 0.3) is 0 Å². The first-order valence-electron chi connectivity index (χ1n) is 4.89. The molecule has 0 spiro atoms. The van der Waals surface area contributed by atoms with E-state index in [9.17, 15) is 5.11 Å². The van der Waals surface area contributed by atoms with Crippen molar-refractivity contribution in [2.24, 2.45) is 0 Å². The SMILES string of the molecule is CCCCCOc1cc(O)ccc1O. The van der Waals surface area contributed by atoms with Crippen molar-refractivity contribution >= 4 is 0 Å². The zero-order valence-electron chi connectivity index (χ0n) is 8.36. The molecule has 0 unspecified atom stereocenters. The highest BCUT2D eigenvalue weighted by Crippen LogP contribution is 2.29. The molecule has 1 rings (SSSR count). The predicted molar refractivity (Wildman–Crippen MR) is 54.8 cm³/mol. The Morgan fingerprint density at radius 2 is 2.00 bits per heavy atom. The molecule has 0 radical (unpaired) electrons. The van der Waals surface area contributed by atoms with Gasteiger partial charge in [-0.05, 0) is 18.6 Å². The highest BCUT2D eigenvalue weighted by Gasteiger charge is 2.02. The topological polar surface area (TPSA) is 49.7 Å². The molecule has 0 aliphatic carbocycles. The Labute approximate surface area is 84.0 Å². The lowest BCUT2D eigenvalue weighted by Crippen LogP contribution is -1.96. The number of rotatable bonds is 5. The van der Waals surface area contributed by atoms with E-state index in [4.69, 9.17) is 9.84 Å². The lowest BCUT2D eigenvalue weighted by molar-refractivity contribution is 0.288. The molecule has 0 saturated carbocycles. The van der Waals surface area contributed by atoms with Gasteiger partial charge in [-0.3, -0.25) is 0 Å². The van der Waals surface area contributed by atoms with E-state index in [1.54, 1.807) is 0 Å². The number of hydrogen-bond acceptors (Lipinski definition) is 3. The highest BCUT2D eigenvalue weighted by atomic mass is 16.5. The van der Waals surface area contributed by atoms with Crippen LogP contribution in [0.2, 0.25) is 0 Å². The summed E-state index contributed by atoms with van der Waals surface area (Å²) < 4.78 is 5.31. The molecule has 3 nitrogen and oxygen atoms in total. The molecular weight excluding hydrogens is 180 g/mol. The number of aromatic hydroxyl groups is 2. The average molecular weight is 196 g/mol. The monoisotopic (exact) mass is 196 g/mol. The first-order valence-corrected chi connectivity index (χ1v) is 4.89. The molecule has 0 aliphatic heterocycles. The largest absolute Gasteiger partial charge is 0.508 e. The van der Waals surface area contributed by atoms with Crippen molar-refractivity contribution in [3.8, 4) is 17.2 Å². The van der Waals surface area contributed by atoms with Gasteiger partial charge in [-0.25, -0.2) is 0 Å². The van der Waals surface area contributed by atoms with Crippen LogP contribution in [0.4, 0.5) is 0 Å². The minimum atomic E-state index is 0.0688. The molecule has 1 aromatic carbocycles. The molecule has 14 heavy (non-hydrogen) atoms. The maximum absolute atomic E-state index is 9.36. The Hall–Kier alpha value is -1.38. The second kappa shape index (κ2) is 5.37. The van der Waals surface area contributed by atoms with E-state index in [0.717, 1.165) is 19.3 Å². The van der Waals surface area contributed by atoms with Gasteiger partial charge in [-0.2, -0.15) is 0 Å². The second-order valence-electron chi connectivity index (χ2n) is 3.21. The van der Waals surface area contributed by atoms with Crippen LogP contribution < -0.4 is 4.74 Å². The summed E-state index contributed by atoms with van der Waals surface area (Å²) in [5.74, 6) is 0.522. The Bertz CT molecular complexity index is 284. The van der Waals surface area contributed by atoms with Gasteiger partial charge in [0.2, 0.25) is 0 Å². The Balaban J connectivity index is 2.45. The standard InChI is InChI=1S/C11H16O3/c1-2-3-4-7-14-11-8-9(12)5-6-10(11)13/h5-6,8,12-13H,2-4,7H2,1H3. The number of unbranched alkanes of at least 4 members (excludes halogenated alkanes) is 2. The van der Waals surface area contributed by atoms with Crippen LogP contribution in [0.3, 0.4) is 0 Å². The van der Waals surface area contributed by atoms with Crippen LogP contribution in [-0.2, 0) is 0 Å². The first-order chi connectivity index (χ1) is 6.74. The maximum atomic E-state index is 9.36. The summed E-state index contributed by atoms with van der Waals surface area (Å²) in [5.41, 5.74) is 0. The Kier molecular flexibility index (Phi) is 4.11. The third kappa shape index (κ3) is 3.17. The molecular formula is C11H16O3. The third-order valence-electron chi connectivity index (χ3n) is 1.95. The molecule has 2 N–H and O–H groups in total. The normalized spacial score (nSPS) is 10.1. The van der Waals surface area contributed by atoms with E-state index in [2.05, 4.69) is 6.92 Å². The number of ether oxygens (including phenoxy) is 1. The van der Waals surface area contributed by atoms with Crippen LogP contribution in [0.1, 0.15) is 26.2 Å². The molecule has 78 valence electrons. The molecule has 0 fully saturated rings. The quantitative estimate of drug-likeness (QED) is 0.562. The third-order valence-corrected chi connectivity index (χ3v) is 1.95. The van der Waals surface area contributed by atoms with Gasteiger partial charge in [-0.15, -0.1) is 0 Å². The van der Waals surface area contributed by atoms with E-state index >= 15 is 0 Å². The summed E-state index contributed by atoms with van der Waals surface area (Å²) in [4.78, 5) is 0. The summed E-state index contributed by atoms with van der Waals surface area (Å²) in [5, 5.41) is 18.5. The minimum absolute atomic E-state index is 0.0688. The second-order valence-corrected chi connectivity index (χ2v) is 3.21. The molecule has 0 aromatic heterocycles. The summed E-state index contributed by atoms with van der Waals surface area (Å²) in [7, 11) is 0. The van der Waals surface area contributed by atoms with Gasteiger partial charge in [0.1, 0.15) is 5.75 Å². The fourth-order valence-corrected chi connectivity index (χ4v) is 1.15. The van der Waals surface area contributed by atoms with Crippen LogP contribution in [-0.4, -0.2) is 16.8 Å². The zero-order valence-corrected chi connectivity index (χ0v) is 8.36. The van der Waals surface area contributed by atoms with Crippen LogP contribution in [0, 0.1) is 0 Å². The van der Waals surface area contributed by atoms with Crippen molar-refractivity contribution in [3.05, 3.63) is 18.2 Å². The van der Waals surface area contributed by atoms with Crippen molar-refractivity contribution in [1.82, 2.24) is 0 Å². The van der Waals surface area contributed by atoms with Gasteiger partial charge in [0.15, 0.2) is 11.5 Å². The van der Waals surface area contributed by atoms with Crippen LogP contribution in [0.5, 0.6) is 17.2 Å². The highest BCUT2D eigenvalue weighted by molar-refractivity contribution is 5.43. The van der Waals surface area contributed by atoms with Gasteiger partial charge in [0, 0.05) is 6.07 Å². The summed E-state index contributed by atoms with van der Waals surface area (Å²) in [6, 6.07) is 4.26. The first kappa shape index (κ1) is 10.7. The predicted octanol–water partition coefficient (Wildman–Crippen LogP) is 2.67. The van der Waals surface area contributed by atoms with Crippen molar-refractivity contribution < 1.29 is 14.9 Å². The fraction of sp³-hybridized carbons (Fsp3) is 0.455. The number of phenolic OH excluding ortho intramolecular Hbond substituents is 2. The zero-order chi connectivity index (χ0) is 10.4. The molecule has 0 amide bonds. The number of hydrogen-bond donors (Lipinski definition) is 2. The molecule has 0 saturated heterocycles. The van der Waals surface area contributed by atoms with Crippen molar-refractivity contribution in [2.75, 3.05) is 6.61 Å². The Morgan fingerprint density at radius 1 is 1.21 bits per heavy atom. The van der Waals surface area contributed by atoms with Crippen molar-refractivity contribution in [3.63, 3.8) is 0 Å². The van der Waals surface area contributed by atoms with E-state index < -0.39 is 0 Å². The van der Waals surface area contributed by atoms with Crippen LogP contribution in [0.25, 0.3) is 0 Å². The Morgan fingerprint density at radius 3 is 2.71 bits per heavy atom. The number of phenols is 2. The van der Waals surface area contributed by atoms with E-state index in [1.807, 2.05) is 0 Å². The van der Waals surface area contributed by atoms with Gasteiger partial charge >= 0.3 is 0 Å². The summed E-state index contributed by atoms with van der Waals surface area (Å²) >= 11 is 0. The lowest BCUT2D eigenvalue weighted by Gasteiger charge is -2.07. The molecule has 0 heterocycles. The van der Waals surface area contributed by atoms with Crippen molar-refractivity contribution in [1.29, 1.82) is 0 Å². The van der Waals surface area contributed by atoms with E-state index in [1.165, 1.54) is 18.2 Å². The molecule has 0 bridgehead atoms. The molecule has 0 aliphatic rings. The molecule has 0 atom stereocenters. The number of benzene rings is 1. The molecule has 3 heteroatoms.